The normalized spacial score (nSPS) is 17.9. The average molecular weight is 761 g/mol. The predicted molar refractivity (Wildman–Crippen MR) is 188 cm³/mol. The number of benzene rings is 1. The van der Waals surface area contributed by atoms with Gasteiger partial charge in [-0.25, -0.2) is 0 Å². The smallest absolute Gasteiger partial charge is 0.247 e. The van der Waals surface area contributed by atoms with E-state index in [2.05, 4.69) is 34.8 Å². The second-order valence-electron chi connectivity index (χ2n) is 12.2. The van der Waals surface area contributed by atoms with Crippen molar-refractivity contribution in [1.82, 2.24) is 10.2 Å². The number of carbonyl (C=O) groups is 2. The Hall–Kier alpha value is -1.93. The summed E-state index contributed by atoms with van der Waals surface area (Å²) in [7, 11) is 1.50. The van der Waals surface area contributed by atoms with E-state index in [9.17, 15) is 24.9 Å². The topological polar surface area (TPSA) is 138 Å². The number of methoxy groups -OCH3 is 1. The van der Waals surface area contributed by atoms with E-state index in [1.807, 2.05) is 13.8 Å². The number of halogens is 1. The van der Waals surface area contributed by atoms with E-state index in [1.54, 1.807) is 23.1 Å². The molecule has 10 nitrogen and oxygen atoms in total. The first kappa shape index (κ1) is 40.2. The Morgan fingerprint density at radius 1 is 1.04 bits per heavy atom. The third-order valence-corrected chi connectivity index (χ3v) is 8.95. The molecule has 46 heavy (non-hydrogen) atoms. The number of aliphatic hydroxyl groups excluding tert-OH is 3. The molecule has 11 heteroatoms. The number of unbranched alkanes of at least 4 members (excludes halogenated alkanes) is 8. The second kappa shape index (κ2) is 22.6. The Kier molecular flexibility index (Phi) is 19.8. The van der Waals surface area contributed by atoms with Gasteiger partial charge in [-0.2, -0.15) is 0 Å². The predicted octanol–water partition coefficient (Wildman–Crippen LogP) is 5.27. The van der Waals surface area contributed by atoms with Crippen molar-refractivity contribution >= 4 is 34.4 Å². The molecule has 2 amide bonds. The highest BCUT2D eigenvalue weighted by Crippen LogP contribution is 2.37. The molecule has 0 heterocycles. The van der Waals surface area contributed by atoms with Gasteiger partial charge < -0.3 is 39.7 Å². The molecule has 0 spiro atoms. The summed E-state index contributed by atoms with van der Waals surface area (Å²) in [5.74, 6) is 0.307. The van der Waals surface area contributed by atoms with Gasteiger partial charge in [0.15, 0.2) is 11.5 Å². The van der Waals surface area contributed by atoms with Crippen molar-refractivity contribution in [3.05, 3.63) is 32.9 Å². The molecule has 0 radical (unpaired) electrons. The van der Waals surface area contributed by atoms with Crippen LogP contribution in [-0.2, 0) is 20.9 Å². The van der Waals surface area contributed by atoms with Gasteiger partial charge in [-0.15, -0.1) is 0 Å². The molecule has 1 aliphatic carbocycles. The van der Waals surface area contributed by atoms with Gasteiger partial charge in [0, 0.05) is 38.1 Å². The molecule has 0 bridgehead atoms. The summed E-state index contributed by atoms with van der Waals surface area (Å²) >= 11 is 2.08. The van der Waals surface area contributed by atoms with Crippen LogP contribution in [0.2, 0.25) is 0 Å². The Balaban J connectivity index is 2.28. The van der Waals surface area contributed by atoms with E-state index >= 15 is 0 Å². The number of rotatable bonds is 23. The second-order valence-corrected chi connectivity index (χ2v) is 13.4. The van der Waals surface area contributed by atoms with E-state index in [-0.39, 0.29) is 44.1 Å². The highest BCUT2D eigenvalue weighted by molar-refractivity contribution is 14.1. The summed E-state index contributed by atoms with van der Waals surface area (Å²) in [6.07, 6.45) is 10.9. The zero-order chi connectivity index (χ0) is 33.9. The number of ether oxygens (including phenoxy) is 3. The number of nitrogens with zero attached hydrogens (tertiary/aromatic N) is 1. The molecular formula is C35H57IN2O8. The number of aliphatic hydroxyl groups is 3. The number of hydrogen-bond acceptors (Lipinski definition) is 8. The first-order valence-corrected chi connectivity index (χ1v) is 18.1. The SMILES string of the molecule is CCCCCCCCCCCC(=O)N(CCCOC(C)C)C1CC(C(=O)NCCO)=CC(Oc2c(I)cc(CO)cc2OC)C1O. The van der Waals surface area contributed by atoms with Gasteiger partial charge in [0.2, 0.25) is 11.8 Å². The number of hydrogen-bond donors (Lipinski definition) is 4. The Bertz CT molecular complexity index is 1080. The standard InChI is InChI=1S/C35H57IN2O8/c1-5-6-7-8-9-10-11-12-13-15-32(41)38(17-14-19-45-25(2)3)29-22-27(35(43)37-16-18-39)23-30(33(29)42)46-34-28(36)20-26(24-40)21-31(34)44-4/h20-21,23,25,29-30,33,39-40,42H,5-19,22,24H2,1-4H3,(H,37,43). The van der Waals surface area contributed by atoms with Gasteiger partial charge >= 0.3 is 0 Å². The molecule has 0 aliphatic heterocycles. The maximum atomic E-state index is 13.8. The fraction of sp³-hybridized carbons (Fsp3) is 0.714. The summed E-state index contributed by atoms with van der Waals surface area (Å²) < 4.78 is 18.3. The molecule has 1 aromatic rings. The lowest BCUT2D eigenvalue weighted by Crippen LogP contribution is -2.55. The lowest BCUT2D eigenvalue weighted by Gasteiger charge is -2.41. The summed E-state index contributed by atoms with van der Waals surface area (Å²) in [5, 5.41) is 33.4. The van der Waals surface area contributed by atoms with Gasteiger partial charge in [-0.1, -0.05) is 58.3 Å². The number of amides is 2. The molecule has 0 aromatic heterocycles. The maximum absolute atomic E-state index is 13.8. The van der Waals surface area contributed by atoms with Crippen LogP contribution in [0.5, 0.6) is 11.5 Å². The molecule has 262 valence electrons. The largest absolute Gasteiger partial charge is 0.493 e. The van der Waals surface area contributed by atoms with E-state index in [0.717, 1.165) is 19.3 Å². The van der Waals surface area contributed by atoms with Crippen LogP contribution in [0.3, 0.4) is 0 Å². The van der Waals surface area contributed by atoms with Gasteiger partial charge in [0.05, 0.1) is 36.0 Å². The molecule has 4 N–H and O–H groups in total. The van der Waals surface area contributed by atoms with E-state index in [1.165, 1.54) is 45.6 Å². The highest BCUT2D eigenvalue weighted by Gasteiger charge is 2.40. The maximum Gasteiger partial charge on any atom is 0.247 e. The lowest BCUT2D eigenvalue weighted by molar-refractivity contribution is -0.139. The van der Waals surface area contributed by atoms with E-state index < -0.39 is 18.2 Å². The highest BCUT2D eigenvalue weighted by atomic mass is 127. The summed E-state index contributed by atoms with van der Waals surface area (Å²) in [6, 6.07) is 2.72. The first-order valence-electron chi connectivity index (χ1n) is 17.0. The summed E-state index contributed by atoms with van der Waals surface area (Å²) in [6.45, 7) is 6.67. The molecule has 2 rings (SSSR count). The Labute approximate surface area is 289 Å². The minimum Gasteiger partial charge on any atom is -0.493 e. The van der Waals surface area contributed by atoms with Crippen molar-refractivity contribution in [1.29, 1.82) is 0 Å². The quantitative estimate of drug-likeness (QED) is 0.0875. The number of nitrogens with one attached hydrogen (secondary N) is 1. The van der Waals surface area contributed by atoms with Crippen LogP contribution in [-0.4, -0.2) is 89.8 Å². The van der Waals surface area contributed by atoms with Gasteiger partial charge in [0.25, 0.3) is 0 Å². The van der Waals surface area contributed by atoms with Crippen LogP contribution in [0.25, 0.3) is 0 Å². The van der Waals surface area contributed by atoms with Crippen LogP contribution >= 0.6 is 22.6 Å². The van der Waals surface area contributed by atoms with E-state index in [4.69, 9.17) is 14.2 Å². The minimum atomic E-state index is -1.13. The van der Waals surface area contributed by atoms with Crippen LogP contribution in [0, 0.1) is 3.57 Å². The van der Waals surface area contributed by atoms with Crippen LogP contribution in [0.4, 0.5) is 0 Å². The molecule has 1 aromatic carbocycles. The van der Waals surface area contributed by atoms with Crippen molar-refractivity contribution < 1.29 is 39.1 Å². The lowest BCUT2D eigenvalue weighted by atomic mass is 9.87. The van der Waals surface area contributed by atoms with Crippen LogP contribution < -0.4 is 14.8 Å². The molecule has 3 unspecified atom stereocenters. The zero-order valence-electron chi connectivity index (χ0n) is 28.3. The molecule has 0 saturated carbocycles. The Morgan fingerprint density at radius 2 is 1.72 bits per heavy atom. The third-order valence-electron chi connectivity index (χ3n) is 8.15. The summed E-state index contributed by atoms with van der Waals surface area (Å²) in [5.41, 5.74) is 1.01. The monoisotopic (exact) mass is 760 g/mol. The first-order chi connectivity index (χ1) is 22.2. The third kappa shape index (κ3) is 13.7. The fourth-order valence-corrected chi connectivity index (χ4v) is 6.45. The van der Waals surface area contributed by atoms with Gasteiger partial charge in [-0.05, 0) is 73.1 Å². The van der Waals surface area contributed by atoms with Gasteiger partial charge in [0.1, 0.15) is 12.2 Å². The molecule has 3 atom stereocenters. The Morgan fingerprint density at radius 3 is 2.33 bits per heavy atom. The van der Waals surface area contributed by atoms with Crippen molar-refractivity contribution in [2.75, 3.05) is 33.4 Å². The molecule has 0 fully saturated rings. The molecular weight excluding hydrogens is 703 g/mol. The van der Waals surface area contributed by atoms with Crippen molar-refractivity contribution in [3.8, 4) is 11.5 Å². The van der Waals surface area contributed by atoms with Crippen molar-refractivity contribution in [2.45, 2.75) is 129 Å². The van der Waals surface area contributed by atoms with Crippen LogP contribution in [0.15, 0.2) is 23.8 Å². The summed E-state index contributed by atoms with van der Waals surface area (Å²) in [4.78, 5) is 28.7. The average Bonchev–Trinajstić information content (AvgIpc) is 3.04. The fourth-order valence-electron chi connectivity index (χ4n) is 5.65. The van der Waals surface area contributed by atoms with Crippen LogP contribution in [0.1, 0.15) is 103 Å². The van der Waals surface area contributed by atoms with Gasteiger partial charge in [-0.3, -0.25) is 9.59 Å². The zero-order valence-corrected chi connectivity index (χ0v) is 30.4. The minimum absolute atomic E-state index is 0.0589. The van der Waals surface area contributed by atoms with E-state index in [0.29, 0.717) is 52.2 Å². The number of carbonyl (C=O) groups excluding carboxylic acids is 2. The molecule has 0 saturated heterocycles. The molecule has 1 aliphatic rings. The van der Waals surface area contributed by atoms with Crippen molar-refractivity contribution in [3.63, 3.8) is 0 Å². The van der Waals surface area contributed by atoms with Crippen molar-refractivity contribution in [2.24, 2.45) is 0 Å².